The summed E-state index contributed by atoms with van der Waals surface area (Å²) in [6.45, 7) is 2.52. The van der Waals surface area contributed by atoms with Crippen LogP contribution in [-0.2, 0) is 17.8 Å². The number of aromatic nitrogens is 1. The lowest BCUT2D eigenvalue weighted by atomic mass is 9.88. The normalized spacial score (nSPS) is 17.6. The highest BCUT2D eigenvalue weighted by Gasteiger charge is 2.30. The van der Waals surface area contributed by atoms with Crippen LogP contribution in [0.2, 0.25) is 0 Å². The number of hydrogen-bond acceptors (Lipinski definition) is 3. The maximum Gasteiger partial charge on any atom is 0.224 e. The summed E-state index contributed by atoms with van der Waals surface area (Å²) in [7, 11) is 0. The molecule has 2 aromatic carbocycles. The van der Waals surface area contributed by atoms with Gasteiger partial charge in [0.1, 0.15) is 11.6 Å². The third-order valence-electron chi connectivity index (χ3n) is 5.93. The predicted octanol–water partition coefficient (Wildman–Crippen LogP) is 4.67. The monoisotopic (exact) mass is 435 g/mol. The first-order valence-corrected chi connectivity index (χ1v) is 11.0. The third kappa shape index (κ3) is 5.98. The molecule has 1 aliphatic heterocycles. The Labute approximate surface area is 187 Å². The van der Waals surface area contributed by atoms with Gasteiger partial charge in [-0.1, -0.05) is 30.3 Å². The second kappa shape index (κ2) is 10.5. The van der Waals surface area contributed by atoms with Crippen molar-refractivity contribution >= 4 is 5.91 Å². The van der Waals surface area contributed by atoms with E-state index in [-0.39, 0.29) is 35.9 Å². The predicted molar refractivity (Wildman–Crippen MR) is 120 cm³/mol. The summed E-state index contributed by atoms with van der Waals surface area (Å²) in [6, 6.07) is 18.2. The first kappa shape index (κ1) is 22.1. The van der Waals surface area contributed by atoms with Crippen LogP contribution >= 0.6 is 0 Å². The fourth-order valence-corrected chi connectivity index (χ4v) is 4.36. The molecule has 0 radical (unpaired) electrons. The van der Waals surface area contributed by atoms with Crippen LogP contribution in [0.3, 0.4) is 0 Å². The fraction of sp³-hybridized carbons (Fsp3) is 0.308. The van der Waals surface area contributed by atoms with Gasteiger partial charge in [-0.2, -0.15) is 0 Å². The van der Waals surface area contributed by atoms with Gasteiger partial charge in [-0.15, -0.1) is 0 Å². The number of piperidine rings is 1. The zero-order valence-corrected chi connectivity index (χ0v) is 17.9. The van der Waals surface area contributed by atoms with E-state index in [0.717, 1.165) is 49.3 Å². The molecular weight excluding hydrogens is 408 g/mol. The summed E-state index contributed by atoms with van der Waals surface area (Å²) < 4.78 is 26.4. The van der Waals surface area contributed by atoms with Gasteiger partial charge >= 0.3 is 0 Å². The van der Waals surface area contributed by atoms with Gasteiger partial charge < -0.3 is 5.32 Å². The Morgan fingerprint density at radius 1 is 1.00 bits per heavy atom. The molecule has 32 heavy (non-hydrogen) atoms. The molecule has 0 bridgehead atoms. The van der Waals surface area contributed by atoms with Gasteiger partial charge in [0.2, 0.25) is 5.91 Å². The van der Waals surface area contributed by atoms with Crippen LogP contribution in [0.25, 0.3) is 0 Å². The zero-order valence-electron chi connectivity index (χ0n) is 17.9. The van der Waals surface area contributed by atoms with Crippen molar-refractivity contribution in [2.24, 2.45) is 5.92 Å². The van der Waals surface area contributed by atoms with E-state index in [2.05, 4.69) is 15.2 Å². The summed E-state index contributed by atoms with van der Waals surface area (Å²) in [5.74, 6) is -0.451. The molecule has 1 saturated heterocycles. The van der Waals surface area contributed by atoms with E-state index in [0.29, 0.717) is 0 Å². The molecule has 4 rings (SSSR count). The molecule has 1 amide bonds. The Bertz CT molecular complexity index is 1010. The minimum absolute atomic E-state index is 0.108. The van der Waals surface area contributed by atoms with Crippen molar-refractivity contribution in [2.75, 3.05) is 13.1 Å². The molecule has 0 aliphatic carbocycles. The molecule has 3 aromatic rings. The first-order valence-electron chi connectivity index (χ1n) is 11.0. The quantitative estimate of drug-likeness (QED) is 0.587. The topological polar surface area (TPSA) is 45.2 Å². The summed E-state index contributed by atoms with van der Waals surface area (Å²) >= 11 is 0. The number of carbonyl (C=O) groups is 1. The van der Waals surface area contributed by atoms with Crippen LogP contribution in [0.4, 0.5) is 8.78 Å². The third-order valence-corrected chi connectivity index (χ3v) is 5.93. The molecule has 2 atom stereocenters. The summed E-state index contributed by atoms with van der Waals surface area (Å²) in [6.07, 6.45) is 3.93. The van der Waals surface area contributed by atoms with Crippen LogP contribution in [0.15, 0.2) is 72.9 Å². The molecule has 1 fully saturated rings. The van der Waals surface area contributed by atoms with Gasteiger partial charge in [0.05, 0.1) is 18.2 Å². The maximum absolute atomic E-state index is 13.2. The lowest BCUT2D eigenvalue weighted by molar-refractivity contribution is -0.121. The van der Waals surface area contributed by atoms with Gasteiger partial charge in [0, 0.05) is 19.3 Å². The number of likely N-dealkylation sites (tertiary alicyclic amines) is 1. The van der Waals surface area contributed by atoms with Gasteiger partial charge in [0.25, 0.3) is 0 Å². The second-order valence-corrected chi connectivity index (χ2v) is 8.37. The van der Waals surface area contributed by atoms with E-state index in [9.17, 15) is 13.6 Å². The summed E-state index contributed by atoms with van der Waals surface area (Å²) in [5, 5.41) is 3.19. The Morgan fingerprint density at radius 3 is 2.34 bits per heavy atom. The van der Waals surface area contributed by atoms with E-state index < -0.39 is 0 Å². The van der Waals surface area contributed by atoms with E-state index in [4.69, 9.17) is 0 Å². The van der Waals surface area contributed by atoms with Crippen molar-refractivity contribution in [3.8, 4) is 0 Å². The molecular formula is C26H27F2N3O. The van der Waals surface area contributed by atoms with Crippen LogP contribution in [0.5, 0.6) is 0 Å². The molecule has 0 spiro atoms. The largest absolute Gasteiger partial charge is 0.347 e. The molecule has 0 unspecified atom stereocenters. The Balaban J connectivity index is 1.46. The molecule has 6 heteroatoms. The first-order chi connectivity index (χ1) is 15.6. The molecule has 2 heterocycles. The van der Waals surface area contributed by atoms with E-state index in [1.165, 1.54) is 24.3 Å². The van der Waals surface area contributed by atoms with Gasteiger partial charge in [-0.25, -0.2) is 8.78 Å². The molecule has 1 aromatic heterocycles. The lowest BCUT2D eigenvalue weighted by Crippen LogP contribution is -2.43. The van der Waals surface area contributed by atoms with Crippen molar-refractivity contribution in [3.63, 3.8) is 0 Å². The molecule has 1 aliphatic rings. The van der Waals surface area contributed by atoms with Crippen molar-refractivity contribution in [2.45, 2.75) is 31.8 Å². The highest BCUT2D eigenvalue weighted by atomic mass is 19.1. The number of hydrogen-bond donors (Lipinski definition) is 1. The number of benzene rings is 2. The van der Waals surface area contributed by atoms with E-state index in [1.807, 2.05) is 30.3 Å². The zero-order chi connectivity index (χ0) is 22.3. The SMILES string of the molecule is O=C(Cc1ccc(F)cc1)N[C@@H](c1ccccn1)[C@H]1CCCN(Cc2ccc(F)cc2)C1. The van der Waals surface area contributed by atoms with Crippen molar-refractivity contribution < 1.29 is 13.6 Å². The molecule has 4 nitrogen and oxygen atoms in total. The number of nitrogens with zero attached hydrogens (tertiary/aromatic N) is 2. The number of pyridine rings is 1. The van der Waals surface area contributed by atoms with Crippen LogP contribution < -0.4 is 5.32 Å². The van der Waals surface area contributed by atoms with Crippen molar-refractivity contribution in [1.82, 2.24) is 15.2 Å². The van der Waals surface area contributed by atoms with Gasteiger partial charge in [-0.3, -0.25) is 14.7 Å². The Kier molecular flexibility index (Phi) is 7.22. The van der Waals surface area contributed by atoms with Crippen molar-refractivity contribution in [1.29, 1.82) is 0 Å². The number of rotatable bonds is 7. The Morgan fingerprint density at radius 2 is 1.69 bits per heavy atom. The minimum Gasteiger partial charge on any atom is -0.347 e. The summed E-state index contributed by atoms with van der Waals surface area (Å²) in [5.41, 5.74) is 2.68. The number of nitrogens with one attached hydrogen (secondary N) is 1. The molecule has 0 saturated carbocycles. The average molecular weight is 436 g/mol. The van der Waals surface area contributed by atoms with Crippen LogP contribution in [0.1, 0.15) is 35.7 Å². The van der Waals surface area contributed by atoms with Crippen LogP contribution in [-0.4, -0.2) is 28.9 Å². The van der Waals surface area contributed by atoms with Crippen molar-refractivity contribution in [3.05, 3.63) is 101 Å². The van der Waals surface area contributed by atoms with Gasteiger partial charge in [-0.05, 0) is 72.8 Å². The highest BCUT2D eigenvalue weighted by molar-refractivity contribution is 5.79. The molecule has 166 valence electrons. The second-order valence-electron chi connectivity index (χ2n) is 8.37. The van der Waals surface area contributed by atoms with Gasteiger partial charge in [0.15, 0.2) is 0 Å². The highest BCUT2D eigenvalue weighted by Crippen LogP contribution is 2.30. The fourth-order valence-electron chi connectivity index (χ4n) is 4.36. The smallest absolute Gasteiger partial charge is 0.224 e. The number of halogens is 2. The summed E-state index contributed by atoms with van der Waals surface area (Å²) in [4.78, 5) is 19.7. The van der Waals surface area contributed by atoms with E-state index >= 15 is 0 Å². The number of carbonyl (C=O) groups excluding carboxylic acids is 1. The van der Waals surface area contributed by atoms with E-state index in [1.54, 1.807) is 18.3 Å². The maximum atomic E-state index is 13.2. The average Bonchev–Trinajstić information content (AvgIpc) is 2.81. The standard InChI is InChI=1S/C26H27F2N3O/c27-22-10-6-19(7-11-22)16-25(32)30-26(24-5-1-2-14-29-24)21-4-3-15-31(18-21)17-20-8-12-23(28)13-9-20/h1-2,5-14,21,26H,3-4,15-18H2,(H,30,32)/t21-,26+/m0/s1. The lowest BCUT2D eigenvalue weighted by Gasteiger charge is -2.37. The number of amides is 1. The molecule has 1 N–H and O–H groups in total. The minimum atomic E-state index is -0.316. The Hall–Kier alpha value is -3.12. The van der Waals surface area contributed by atoms with Crippen LogP contribution in [0, 0.1) is 17.6 Å².